The lowest BCUT2D eigenvalue weighted by molar-refractivity contribution is 0.0992. The molecule has 0 amide bonds. The molecule has 2 N–H and O–H groups in total. The van der Waals surface area contributed by atoms with Crippen LogP contribution in [0.25, 0.3) is 0 Å². The van der Waals surface area contributed by atoms with E-state index in [1.54, 1.807) is 0 Å². The molecule has 2 bridgehead atoms. The van der Waals surface area contributed by atoms with Crippen LogP contribution in [0.15, 0.2) is 35.3 Å². The van der Waals surface area contributed by atoms with Gasteiger partial charge in [0.2, 0.25) is 0 Å². The first kappa shape index (κ1) is 16.5. The van der Waals surface area contributed by atoms with E-state index in [0.717, 1.165) is 25.3 Å². The summed E-state index contributed by atoms with van der Waals surface area (Å²) < 4.78 is 5.86. The molecule has 2 aliphatic heterocycles. The van der Waals surface area contributed by atoms with E-state index in [2.05, 4.69) is 39.9 Å². The molecular weight excluding hydrogens is 377 g/mol. The molecule has 3 rings (SSSR count). The number of guanidine groups is 1. The van der Waals surface area contributed by atoms with Gasteiger partial charge in [-0.05, 0) is 31.2 Å². The van der Waals surface area contributed by atoms with Crippen molar-refractivity contribution in [1.82, 2.24) is 10.6 Å². The Morgan fingerprint density at radius 1 is 1.29 bits per heavy atom. The molecule has 0 aliphatic carbocycles. The second-order valence-electron chi connectivity index (χ2n) is 5.60. The molecule has 2 aliphatic rings. The van der Waals surface area contributed by atoms with Gasteiger partial charge in [0.25, 0.3) is 0 Å². The SMILES string of the molecule is CN=C(NCCc1ccccc1)NC1CC2CCC1O2.I. The molecule has 21 heavy (non-hydrogen) atoms. The standard InChI is InChI=1S/C16H23N3O.HI/c1-17-16(18-10-9-12-5-3-2-4-6-12)19-14-11-13-7-8-15(14)20-13;/h2-6,13-15H,7-11H2,1H3,(H2,17,18,19);1H. The first-order valence-corrected chi connectivity index (χ1v) is 7.52. The topological polar surface area (TPSA) is 45.7 Å². The van der Waals surface area contributed by atoms with Crippen molar-refractivity contribution in [2.45, 2.75) is 43.9 Å². The average Bonchev–Trinajstić information content (AvgIpc) is 3.10. The minimum absolute atomic E-state index is 0. The average molecular weight is 401 g/mol. The van der Waals surface area contributed by atoms with Crippen LogP contribution in [0.2, 0.25) is 0 Å². The molecule has 1 aromatic carbocycles. The number of halogens is 1. The number of nitrogens with zero attached hydrogens (tertiary/aromatic N) is 1. The largest absolute Gasteiger partial charge is 0.373 e. The monoisotopic (exact) mass is 401 g/mol. The van der Waals surface area contributed by atoms with Crippen molar-refractivity contribution in [3.63, 3.8) is 0 Å². The third-order valence-corrected chi connectivity index (χ3v) is 4.20. The lowest BCUT2D eigenvalue weighted by Gasteiger charge is -2.22. The maximum Gasteiger partial charge on any atom is 0.191 e. The molecule has 2 saturated heterocycles. The number of rotatable bonds is 4. The van der Waals surface area contributed by atoms with E-state index in [9.17, 15) is 0 Å². The Balaban J connectivity index is 0.00000161. The van der Waals surface area contributed by atoms with E-state index in [0.29, 0.717) is 18.2 Å². The smallest absolute Gasteiger partial charge is 0.191 e. The van der Waals surface area contributed by atoms with Gasteiger partial charge in [-0.1, -0.05) is 30.3 Å². The Bertz CT molecular complexity index is 466. The van der Waals surface area contributed by atoms with Crippen LogP contribution in [0.1, 0.15) is 24.8 Å². The van der Waals surface area contributed by atoms with Gasteiger partial charge in [-0.3, -0.25) is 4.99 Å². The van der Waals surface area contributed by atoms with Gasteiger partial charge in [-0.15, -0.1) is 24.0 Å². The van der Waals surface area contributed by atoms with Crippen LogP contribution in [-0.2, 0) is 11.2 Å². The number of fused-ring (bicyclic) bond motifs is 2. The highest BCUT2D eigenvalue weighted by molar-refractivity contribution is 14.0. The quantitative estimate of drug-likeness (QED) is 0.463. The molecule has 5 heteroatoms. The highest BCUT2D eigenvalue weighted by atomic mass is 127. The van der Waals surface area contributed by atoms with E-state index in [1.807, 2.05) is 13.1 Å². The minimum atomic E-state index is 0. The van der Waals surface area contributed by atoms with Crippen molar-refractivity contribution >= 4 is 29.9 Å². The molecule has 4 nitrogen and oxygen atoms in total. The molecule has 116 valence electrons. The number of aliphatic imine (C=N–C) groups is 1. The maximum absolute atomic E-state index is 5.86. The maximum atomic E-state index is 5.86. The highest BCUT2D eigenvalue weighted by Gasteiger charge is 2.40. The Morgan fingerprint density at radius 2 is 2.10 bits per heavy atom. The van der Waals surface area contributed by atoms with E-state index >= 15 is 0 Å². The molecule has 0 aromatic heterocycles. The van der Waals surface area contributed by atoms with Crippen LogP contribution in [-0.4, -0.2) is 37.8 Å². The van der Waals surface area contributed by atoms with Gasteiger partial charge in [0, 0.05) is 13.6 Å². The summed E-state index contributed by atoms with van der Waals surface area (Å²) in [6, 6.07) is 10.9. The van der Waals surface area contributed by atoms with E-state index in [-0.39, 0.29) is 24.0 Å². The molecule has 0 spiro atoms. The van der Waals surface area contributed by atoms with Crippen LogP contribution in [0.4, 0.5) is 0 Å². The van der Waals surface area contributed by atoms with Gasteiger partial charge in [0.15, 0.2) is 5.96 Å². The third kappa shape index (κ3) is 4.32. The van der Waals surface area contributed by atoms with Crippen LogP contribution in [0, 0.1) is 0 Å². The summed E-state index contributed by atoms with van der Waals surface area (Å²) >= 11 is 0. The van der Waals surface area contributed by atoms with Crippen molar-refractivity contribution in [2.75, 3.05) is 13.6 Å². The summed E-state index contributed by atoms with van der Waals surface area (Å²) in [5.41, 5.74) is 1.35. The number of ether oxygens (including phenoxy) is 1. The zero-order valence-electron chi connectivity index (χ0n) is 12.4. The first-order valence-electron chi connectivity index (χ1n) is 7.52. The van der Waals surface area contributed by atoms with Crippen molar-refractivity contribution < 1.29 is 4.74 Å². The van der Waals surface area contributed by atoms with Crippen molar-refractivity contribution in [1.29, 1.82) is 0 Å². The number of nitrogens with one attached hydrogen (secondary N) is 2. The fraction of sp³-hybridized carbons (Fsp3) is 0.562. The second-order valence-corrected chi connectivity index (χ2v) is 5.60. The van der Waals surface area contributed by atoms with E-state index < -0.39 is 0 Å². The summed E-state index contributed by atoms with van der Waals surface area (Å²) in [7, 11) is 1.83. The molecule has 2 fully saturated rings. The first-order chi connectivity index (χ1) is 9.85. The minimum Gasteiger partial charge on any atom is -0.373 e. The second kappa shape index (κ2) is 7.98. The lowest BCUT2D eigenvalue weighted by Crippen LogP contribution is -2.47. The predicted molar refractivity (Wildman–Crippen MR) is 96.4 cm³/mol. The summed E-state index contributed by atoms with van der Waals surface area (Å²) in [4.78, 5) is 4.31. The molecular formula is C16H24IN3O. The van der Waals surface area contributed by atoms with Gasteiger partial charge >= 0.3 is 0 Å². The lowest BCUT2D eigenvalue weighted by atomic mass is 9.96. The molecule has 0 saturated carbocycles. The third-order valence-electron chi connectivity index (χ3n) is 4.20. The van der Waals surface area contributed by atoms with Crippen molar-refractivity contribution in [3.8, 4) is 0 Å². The molecule has 3 unspecified atom stereocenters. The molecule has 0 radical (unpaired) electrons. The number of hydrogen-bond donors (Lipinski definition) is 2. The van der Waals surface area contributed by atoms with Gasteiger partial charge in [-0.2, -0.15) is 0 Å². The van der Waals surface area contributed by atoms with Gasteiger partial charge in [0.05, 0.1) is 18.2 Å². The Labute approximate surface area is 143 Å². The van der Waals surface area contributed by atoms with Crippen molar-refractivity contribution in [3.05, 3.63) is 35.9 Å². The zero-order chi connectivity index (χ0) is 13.8. The van der Waals surface area contributed by atoms with Crippen molar-refractivity contribution in [2.24, 2.45) is 4.99 Å². The summed E-state index contributed by atoms with van der Waals surface area (Å²) in [6.45, 7) is 0.894. The Kier molecular flexibility index (Phi) is 6.29. The van der Waals surface area contributed by atoms with Crippen LogP contribution < -0.4 is 10.6 Å². The van der Waals surface area contributed by atoms with E-state index in [1.165, 1.54) is 18.4 Å². The Morgan fingerprint density at radius 3 is 2.71 bits per heavy atom. The zero-order valence-corrected chi connectivity index (χ0v) is 14.7. The van der Waals surface area contributed by atoms with Crippen LogP contribution in [0.5, 0.6) is 0 Å². The number of benzene rings is 1. The predicted octanol–water partition coefficient (Wildman–Crippen LogP) is 2.33. The fourth-order valence-electron chi connectivity index (χ4n) is 3.13. The number of hydrogen-bond acceptors (Lipinski definition) is 2. The highest BCUT2D eigenvalue weighted by Crippen LogP contribution is 2.34. The molecule has 3 atom stereocenters. The van der Waals surface area contributed by atoms with Crippen LogP contribution >= 0.6 is 24.0 Å². The van der Waals surface area contributed by atoms with Gasteiger partial charge in [0.1, 0.15) is 0 Å². The van der Waals surface area contributed by atoms with Gasteiger partial charge in [-0.25, -0.2) is 0 Å². The fourth-order valence-corrected chi connectivity index (χ4v) is 3.13. The van der Waals surface area contributed by atoms with Gasteiger partial charge < -0.3 is 15.4 Å². The molecule has 1 aromatic rings. The molecule has 2 heterocycles. The normalized spacial score (nSPS) is 27.3. The summed E-state index contributed by atoms with van der Waals surface area (Å²) in [5, 5.41) is 6.88. The van der Waals surface area contributed by atoms with Crippen LogP contribution in [0.3, 0.4) is 0 Å². The summed E-state index contributed by atoms with van der Waals surface area (Å²) in [5.74, 6) is 0.891. The summed E-state index contributed by atoms with van der Waals surface area (Å²) in [6.07, 6.45) is 5.39. The Hall–Kier alpha value is -0.820. The van der Waals surface area contributed by atoms with E-state index in [4.69, 9.17) is 4.74 Å².